The van der Waals surface area contributed by atoms with Crippen molar-refractivity contribution in [1.82, 2.24) is 14.8 Å². The highest BCUT2D eigenvalue weighted by atomic mass is 79.9. The molecule has 3 rings (SSSR count). The van der Waals surface area contributed by atoms with E-state index in [1.54, 1.807) is 7.11 Å². The van der Waals surface area contributed by atoms with Gasteiger partial charge in [0.2, 0.25) is 6.54 Å². The van der Waals surface area contributed by atoms with E-state index in [-0.39, 0.29) is 11.5 Å². The molecular weight excluding hydrogens is 472 g/mol. The van der Waals surface area contributed by atoms with E-state index in [1.807, 2.05) is 60.9 Å². The Balaban J connectivity index is 2.01. The van der Waals surface area contributed by atoms with Crippen LogP contribution in [0.15, 0.2) is 52.1 Å². The fraction of sp³-hybridized carbons (Fsp3) is 0.300. The second-order valence-corrected chi connectivity index (χ2v) is 8.39. The van der Waals surface area contributed by atoms with Gasteiger partial charge in [-0.25, -0.2) is 0 Å². The monoisotopic (exact) mass is 492 g/mol. The number of hydrogen-bond acceptors (Lipinski definition) is 7. The third-order valence-corrected chi connectivity index (χ3v) is 5.96. The van der Waals surface area contributed by atoms with Crippen LogP contribution in [0.4, 0.5) is 0 Å². The number of benzene rings is 2. The molecule has 2 aromatic carbocycles. The molecule has 10 heteroatoms. The van der Waals surface area contributed by atoms with Gasteiger partial charge in [0.1, 0.15) is 22.6 Å². The number of aryl methyl sites for hydroxylation is 1. The van der Waals surface area contributed by atoms with Gasteiger partial charge < -0.3 is 9.47 Å². The maximum atomic E-state index is 11.4. The summed E-state index contributed by atoms with van der Waals surface area (Å²) in [5, 5.41) is 20.0. The number of nitrogens with zero attached hydrogens (tertiary/aromatic N) is 4. The molecule has 0 aliphatic heterocycles. The molecule has 30 heavy (non-hydrogen) atoms. The van der Waals surface area contributed by atoms with Crippen LogP contribution in [-0.4, -0.2) is 39.9 Å². The first-order chi connectivity index (χ1) is 14.4. The van der Waals surface area contributed by atoms with Gasteiger partial charge in [-0.15, -0.1) is 10.2 Å². The number of hydrogen-bond donors (Lipinski definition) is 0. The van der Waals surface area contributed by atoms with Crippen LogP contribution in [0, 0.1) is 17.0 Å². The van der Waals surface area contributed by atoms with Crippen LogP contribution < -0.4 is 9.47 Å². The summed E-state index contributed by atoms with van der Waals surface area (Å²) in [5.74, 6) is 2.04. The first-order valence-electron chi connectivity index (χ1n) is 9.20. The first-order valence-corrected chi connectivity index (χ1v) is 10.9. The van der Waals surface area contributed by atoms with Crippen molar-refractivity contribution in [3.63, 3.8) is 0 Å². The van der Waals surface area contributed by atoms with Crippen LogP contribution in [0.5, 0.6) is 11.5 Å². The van der Waals surface area contributed by atoms with Crippen molar-refractivity contribution in [2.75, 3.05) is 20.3 Å². The van der Waals surface area contributed by atoms with Crippen molar-refractivity contribution in [2.45, 2.75) is 24.3 Å². The summed E-state index contributed by atoms with van der Waals surface area (Å²) >= 11 is 4.74. The van der Waals surface area contributed by atoms with Gasteiger partial charge in [0, 0.05) is 20.6 Å². The topological polar surface area (TPSA) is 92.3 Å². The van der Waals surface area contributed by atoms with Gasteiger partial charge in [-0.2, -0.15) is 0 Å². The zero-order valence-corrected chi connectivity index (χ0v) is 19.1. The number of thioether (sulfide) groups is 1. The molecule has 1 heterocycles. The molecule has 0 aliphatic rings. The third-order valence-electron chi connectivity index (χ3n) is 4.31. The van der Waals surface area contributed by atoms with Crippen molar-refractivity contribution >= 4 is 27.7 Å². The van der Waals surface area contributed by atoms with Crippen LogP contribution in [0.1, 0.15) is 23.6 Å². The van der Waals surface area contributed by atoms with Crippen molar-refractivity contribution in [3.05, 3.63) is 68.4 Å². The zero-order chi connectivity index (χ0) is 21.7. The molecule has 0 bridgehead atoms. The van der Waals surface area contributed by atoms with Gasteiger partial charge in [0.15, 0.2) is 5.16 Å². The molecule has 0 spiro atoms. The van der Waals surface area contributed by atoms with Crippen LogP contribution in [0.2, 0.25) is 0 Å². The van der Waals surface area contributed by atoms with E-state index in [1.165, 1.54) is 11.8 Å². The predicted octanol–water partition coefficient (Wildman–Crippen LogP) is 4.86. The molecule has 0 radical (unpaired) electrons. The molecule has 0 N–H and O–H groups in total. The van der Waals surface area contributed by atoms with Crippen molar-refractivity contribution in [1.29, 1.82) is 0 Å². The highest BCUT2D eigenvalue weighted by Gasteiger charge is 2.26. The second kappa shape index (κ2) is 9.94. The van der Waals surface area contributed by atoms with Gasteiger partial charge in [-0.05, 0) is 56.3 Å². The molecule has 0 amide bonds. The van der Waals surface area contributed by atoms with Crippen molar-refractivity contribution in [3.8, 4) is 17.2 Å². The third kappa shape index (κ3) is 5.11. The summed E-state index contributed by atoms with van der Waals surface area (Å²) < 4.78 is 13.6. The number of halogens is 1. The number of nitro groups is 1. The molecule has 8 nitrogen and oxygen atoms in total. The number of rotatable bonds is 9. The van der Waals surface area contributed by atoms with E-state index >= 15 is 0 Å². The Morgan fingerprint density at radius 1 is 1.23 bits per heavy atom. The summed E-state index contributed by atoms with van der Waals surface area (Å²) in [6.45, 7) is 3.90. The number of ether oxygens (including phenoxy) is 2. The van der Waals surface area contributed by atoms with Crippen LogP contribution in [0.25, 0.3) is 5.69 Å². The highest BCUT2D eigenvalue weighted by Crippen LogP contribution is 2.41. The van der Waals surface area contributed by atoms with Crippen molar-refractivity contribution in [2.24, 2.45) is 0 Å². The maximum Gasteiger partial charge on any atom is 0.220 e. The summed E-state index contributed by atoms with van der Waals surface area (Å²) in [7, 11) is 1.61. The Kier molecular flexibility index (Phi) is 7.33. The Hall–Kier alpha value is -2.59. The maximum absolute atomic E-state index is 11.4. The molecule has 3 aromatic rings. The summed E-state index contributed by atoms with van der Waals surface area (Å²) in [6.07, 6.45) is 0. The van der Waals surface area contributed by atoms with E-state index in [0.717, 1.165) is 21.5 Å². The fourth-order valence-electron chi connectivity index (χ4n) is 2.97. The highest BCUT2D eigenvalue weighted by molar-refractivity contribution is 9.10. The Labute approximate surface area is 186 Å². The number of aromatic nitrogens is 3. The molecule has 0 fully saturated rings. The smallest absolute Gasteiger partial charge is 0.220 e. The summed E-state index contributed by atoms with van der Waals surface area (Å²) in [6, 6.07) is 13.0. The zero-order valence-electron chi connectivity index (χ0n) is 16.7. The molecule has 1 atom stereocenters. The minimum Gasteiger partial charge on any atom is -0.497 e. The van der Waals surface area contributed by atoms with E-state index < -0.39 is 5.25 Å². The van der Waals surface area contributed by atoms with Gasteiger partial charge >= 0.3 is 0 Å². The van der Waals surface area contributed by atoms with Gasteiger partial charge in [-0.3, -0.25) is 14.7 Å². The van der Waals surface area contributed by atoms with Crippen LogP contribution in [0.3, 0.4) is 0 Å². The quantitative estimate of drug-likeness (QED) is 0.239. The lowest BCUT2D eigenvalue weighted by molar-refractivity contribution is -0.479. The van der Waals surface area contributed by atoms with E-state index in [2.05, 4.69) is 26.1 Å². The standard InChI is InChI=1S/C20H21BrN4O4S/c1-4-29-18-10-5-14(21)11-17(18)19(12-24(26)27)30-20-23-22-13(2)25(20)15-6-8-16(28-3)9-7-15/h5-11,19H,4,12H2,1-3H3/t19-/m1/s1. The lowest BCUT2D eigenvalue weighted by atomic mass is 10.1. The molecule has 0 saturated carbocycles. The summed E-state index contributed by atoms with van der Waals surface area (Å²) in [4.78, 5) is 11.1. The molecule has 0 saturated heterocycles. The number of methoxy groups -OCH3 is 1. The Morgan fingerprint density at radius 3 is 2.60 bits per heavy atom. The summed E-state index contributed by atoms with van der Waals surface area (Å²) in [5.41, 5.74) is 1.58. The van der Waals surface area contributed by atoms with E-state index in [0.29, 0.717) is 23.3 Å². The first kappa shape index (κ1) is 22.1. The molecule has 1 aromatic heterocycles. The average Bonchev–Trinajstić information content (AvgIpc) is 3.08. The molecule has 0 aliphatic carbocycles. The minimum absolute atomic E-state index is 0.282. The second-order valence-electron chi connectivity index (χ2n) is 6.30. The van der Waals surface area contributed by atoms with Gasteiger partial charge in [0.05, 0.1) is 13.7 Å². The predicted molar refractivity (Wildman–Crippen MR) is 118 cm³/mol. The SMILES string of the molecule is CCOc1ccc(Br)cc1[C@@H](C[N+](=O)[O-])Sc1nnc(C)n1-c1ccc(OC)cc1. The van der Waals surface area contributed by atoms with Crippen molar-refractivity contribution < 1.29 is 14.4 Å². The molecular formula is C20H21BrN4O4S. The Morgan fingerprint density at radius 2 is 1.97 bits per heavy atom. The average molecular weight is 493 g/mol. The van der Waals surface area contributed by atoms with Gasteiger partial charge in [-0.1, -0.05) is 27.7 Å². The fourth-order valence-corrected chi connectivity index (χ4v) is 4.54. The van der Waals surface area contributed by atoms with E-state index in [4.69, 9.17) is 9.47 Å². The van der Waals surface area contributed by atoms with Crippen LogP contribution in [-0.2, 0) is 0 Å². The van der Waals surface area contributed by atoms with Gasteiger partial charge in [0.25, 0.3) is 0 Å². The minimum atomic E-state index is -0.514. The normalized spacial score (nSPS) is 11.9. The van der Waals surface area contributed by atoms with Crippen LogP contribution >= 0.6 is 27.7 Å². The lowest BCUT2D eigenvalue weighted by Crippen LogP contribution is -2.12. The Bertz CT molecular complexity index is 1030. The van der Waals surface area contributed by atoms with E-state index in [9.17, 15) is 10.1 Å². The molecule has 158 valence electrons. The largest absolute Gasteiger partial charge is 0.497 e. The molecule has 0 unspecified atom stereocenters. The lowest BCUT2D eigenvalue weighted by Gasteiger charge is -2.18.